The molecule has 1 atom stereocenters. The number of H-pyrrole nitrogens is 1. The number of hydrogen-bond acceptors (Lipinski definition) is 9. The van der Waals surface area contributed by atoms with Gasteiger partial charge in [-0.2, -0.15) is 4.98 Å². The number of para-hydroxylation sites is 1. The first-order valence-corrected chi connectivity index (χ1v) is 13.4. The lowest BCUT2D eigenvalue weighted by atomic mass is 10.1. The van der Waals surface area contributed by atoms with Crippen LogP contribution in [0.25, 0.3) is 20.8 Å². The second-order valence-electron chi connectivity index (χ2n) is 9.09. The smallest absolute Gasteiger partial charge is 0.264 e. The van der Waals surface area contributed by atoms with Gasteiger partial charge >= 0.3 is 0 Å². The van der Waals surface area contributed by atoms with Crippen LogP contribution in [0.3, 0.4) is 0 Å². The Hall–Kier alpha value is -3.21. The summed E-state index contributed by atoms with van der Waals surface area (Å²) in [4.78, 5) is 35.0. The van der Waals surface area contributed by atoms with Crippen molar-refractivity contribution in [2.24, 2.45) is 0 Å². The van der Waals surface area contributed by atoms with Gasteiger partial charge in [0.1, 0.15) is 22.2 Å². The molecule has 1 aromatic carbocycles. The van der Waals surface area contributed by atoms with Crippen molar-refractivity contribution in [2.75, 3.05) is 54.4 Å². The van der Waals surface area contributed by atoms with Crippen LogP contribution in [0.15, 0.2) is 47.4 Å². The first kappa shape index (κ1) is 23.2. The number of nitrogens with zero attached hydrogens (tertiary/aromatic N) is 5. The number of thiazole rings is 1. The number of benzene rings is 1. The lowest BCUT2D eigenvalue weighted by Gasteiger charge is -2.36. The quantitative estimate of drug-likeness (QED) is 0.365. The normalized spacial score (nSPS) is 18.5. The molecule has 2 aliphatic rings. The molecule has 11 heteroatoms. The van der Waals surface area contributed by atoms with Crippen LogP contribution in [0.4, 0.5) is 17.6 Å². The number of rotatable bonds is 5. The minimum absolute atomic E-state index is 0.177. The third kappa shape index (κ3) is 4.76. The maximum atomic E-state index is 13.5. The van der Waals surface area contributed by atoms with Gasteiger partial charge < -0.3 is 20.4 Å². The zero-order chi connectivity index (χ0) is 24.5. The molecule has 6 rings (SSSR count). The van der Waals surface area contributed by atoms with Crippen LogP contribution in [-0.4, -0.2) is 65.2 Å². The fourth-order valence-corrected chi connectivity index (χ4v) is 5.94. The standard InChI is InChI=1S/C25H27ClN8OS/c26-16-7-9-28-20(14-16)33-10-12-34(13-11-33)25-31-22(29-17-4-3-8-27-15-17)21(23(35)32-25)24-30-18-5-1-2-6-19(18)36-24/h1-2,5-7,9,14,17,27H,3-4,8,10-13,15H2,(H2,29,31,32,35)/t17-/m1/s1. The molecular weight excluding hydrogens is 496 g/mol. The van der Waals surface area contributed by atoms with Crippen LogP contribution >= 0.6 is 22.9 Å². The number of aromatic nitrogens is 4. The van der Waals surface area contributed by atoms with Crippen LogP contribution in [0.5, 0.6) is 0 Å². The van der Waals surface area contributed by atoms with Gasteiger partial charge in [-0.15, -0.1) is 11.3 Å². The Labute approximate surface area is 217 Å². The lowest BCUT2D eigenvalue weighted by molar-refractivity contribution is 0.479. The van der Waals surface area contributed by atoms with Gasteiger partial charge in [0.15, 0.2) is 0 Å². The van der Waals surface area contributed by atoms with E-state index in [9.17, 15) is 4.79 Å². The average molecular weight is 523 g/mol. The van der Waals surface area contributed by atoms with Gasteiger partial charge in [-0.3, -0.25) is 9.78 Å². The van der Waals surface area contributed by atoms with E-state index in [1.807, 2.05) is 30.3 Å². The molecule has 0 saturated carbocycles. The van der Waals surface area contributed by atoms with Crippen molar-refractivity contribution in [3.63, 3.8) is 0 Å². The Morgan fingerprint density at radius 3 is 2.69 bits per heavy atom. The topological polar surface area (TPSA) is 102 Å². The van der Waals surface area contributed by atoms with Crippen LogP contribution in [0, 0.1) is 0 Å². The number of pyridine rings is 1. The zero-order valence-electron chi connectivity index (χ0n) is 19.7. The molecule has 0 spiro atoms. The third-order valence-corrected chi connectivity index (χ3v) is 7.95. The molecular formula is C25H27ClN8OS. The van der Waals surface area contributed by atoms with Gasteiger partial charge in [0.05, 0.1) is 10.2 Å². The summed E-state index contributed by atoms with van der Waals surface area (Å²) < 4.78 is 1.05. The van der Waals surface area contributed by atoms with Crippen molar-refractivity contribution < 1.29 is 0 Å². The molecule has 4 aromatic rings. The predicted octanol–water partition coefficient (Wildman–Crippen LogP) is 3.59. The van der Waals surface area contributed by atoms with Gasteiger partial charge in [-0.1, -0.05) is 23.7 Å². The van der Waals surface area contributed by atoms with E-state index in [1.165, 1.54) is 11.3 Å². The largest absolute Gasteiger partial charge is 0.365 e. The molecule has 0 aliphatic carbocycles. The van der Waals surface area contributed by atoms with E-state index in [-0.39, 0.29) is 11.6 Å². The van der Waals surface area contributed by atoms with Crippen molar-refractivity contribution in [1.82, 2.24) is 25.3 Å². The molecule has 5 heterocycles. The van der Waals surface area contributed by atoms with E-state index in [4.69, 9.17) is 21.6 Å². The van der Waals surface area contributed by atoms with Gasteiger partial charge in [0, 0.05) is 50.0 Å². The highest BCUT2D eigenvalue weighted by Gasteiger charge is 2.25. The molecule has 36 heavy (non-hydrogen) atoms. The number of aromatic amines is 1. The third-order valence-electron chi connectivity index (χ3n) is 6.66. The Bertz CT molecular complexity index is 1390. The van der Waals surface area contributed by atoms with E-state index in [0.29, 0.717) is 40.4 Å². The maximum absolute atomic E-state index is 13.5. The first-order chi connectivity index (χ1) is 17.6. The van der Waals surface area contributed by atoms with Gasteiger partial charge in [-0.05, 0) is 43.7 Å². The zero-order valence-corrected chi connectivity index (χ0v) is 21.3. The number of piperazine rings is 1. The average Bonchev–Trinajstić information content (AvgIpc) is 3.33. The second-order valence-corrected chi connectivity index (χ2v) is 10.6. The van der Waals surface area contributed by atoms with Crippen LogP contribution in [0.1, 0.15) is 12.8 Å². The molecule has 9 nitrogen and oxygen atoms in total. The number of fused-ring (bicyclic) bond motifs is 1. The van der Waals surface area contributed by atoms with Crippen molar-refractivity contribution >= 4 is 50.7 Å². The van der Waals surface area contributed by atoms with E-state index < -0.39 is 0 Å². The number of piperidine rings is 1. The Morgan fingerprint density at radius 1 is 1.08 bits per heavy atom. The molecule has 0 radical (unpaired) electrons. The first-order valence-electron chi connectivity index (χ1n) is 12.2. The molecule has 0 bridgehead atoms. The van der Waals surface area contributed by atoms with Crippen molar-refractivity contribution in [3.8, 4) is 10.6 Å². The monoisotopic (exact) mass is 522 g/mol. The Kier molecular flexibility index (Phi) is 6.47. The fourth-order valence-electron chi connectivity index (χ4n) is 4.78. The van der Waals surface area contributed by atoms with Crippen LogP contribution in [0.2, 0.25) is 5.02 Å². The SMILES string of the molecule is O=c1[nH]c(N2CCN(c3cc(Cl)ccn3)CC2)nc(N[C@@H]2CCCNC2)c1-c1nc2ccccc2s1. The Morgan fingerprint density at radius 2 is 1.92 bits per heavy atom. The summed E-state index contributed by atoms with van der Waals surface area (Å²) in [7, 11) is 0. The van der Waals surface area contributed by atoms with E-state index in [1.54, 1.807) is 12.3 Å². The van der Waals surface area contributed by atoms with Crippen molar-refractivity contribution in [2.45, 2.75) is 18.9 Å². The van der Waals surface area contributed by atoms with Crippen LogP contribution < -0.4 is 26.0 Å². The molecule has 0 amide bonds. The summed E-state index contributed by atoms with van der Waals surface area (Å²) in [5, 5.41) is 8.35. The predicted molar refractivity (Wildman–Crippen MR) is 147 cm³/mol. The summed E-state index contributed by atoms with van der Waals surface area (Å²) in [5.41, 5.74) is 1.22. The summed E-state index contributed by atoms with van der Waals surface area (Å²) in [6, 6.07) is 11.8. The molecule has 2 saturated heterocycles. The van der Waals surface area contributed by atoms with Crippen molar-refractivity contribution in [3.05, 3.63) is 58.0 Å². The summed E-state index contributed by atoms with van der Waals surface area (Å²) >= 11 is 7.67. The number of hydrogen-bond donors (Lipinski definition) is 3. The van der Waals surface area contributed by atoms with Gasteiger partial charge in [0.2, 0.25) is 5.95 Å². The van der Waals surface area contributed by atoms with E-state index in [0.717, 1.165) is 55.1 Å². The van der Waals surface area contributed by atoms with E-state index in [2.05, 4.69) is 30.4 Å². The maximum Gasteiger partial charge on any atom is 0.264 e. The number of halogens is 1. The highest BCUT2D eigenvalue weighted by atomic mass is 35.5. The van der Waals surface area contributed by atoms with Crippen LogP contribution in [-0.2, 0) is 0 Å². The van der Waals surface area contributed by atoms with Crippen molar-refractivity contribution in [1.29, 1.82) is 0 Å². The Balaban J connectivity index is 1.31. The molecule has 3 aromatic heterocycles. The summed E-state index contributed by atoms with van der Waals surface area (Å²) in [6.45, 7) is 4.79. The highest BCUT2D eigenvalue weighted by molar-refractivity contribution is 7.21. The number of nitrogens with one attached hydrogen (secondary N) is 3. The van der Waals surface area contributed by atoms with E-state index >= 15 is 0 Å². The molecule has 0 unspecified atom stereocenters. The van der Waals surface area contributed by atoms with Gasteiger partial charge in [-0.25, -0.2) is 9.97 Å². The second kappa shape index (κ2) is 10.0. The molecule has 2 aliphatic heterocycles. The summed E-state index contributed by atoms with van der Waals surface area (Å²) in [6.07, 6.45) is 3.84. The number of anilines is 3. The fraction of sp³-hybridized carbons (Fsp3) is 0.360. The lowest BCUT2D eigenvalue weighted by Crippen LogP contribution is -2.48. The van der Waals surface area contributed by atoms with Gasteiger partial charge in [0.25, 0.3) is 5.56 Å². The minimum Gasteiger partial charge on any atom is -0.365 e. The molecule has 186 valence electrons. The highest BCUT2D eigenvalue weighted by Crippen LogP contribution is 2.33. The summed E-state index contributed by atoms with van der Waals surface area (Å²) in [5.74, 6) is 2.04. The minimum atomic E-state index is -0.177. The molecule has 3 N–H and O–H groups in total. The molecule has 2 fully saturated rings.